The van der Waals surface area contributed by atoms with E-state index < -0.39 is 0 Å². The maximum Gasteiger partial charge on any atom is 0.136 e. The molecule has 0 amide bonds. The maximum absolute atomic E-state index is 6.18. The van der Waals surface area contributed by atoms with Crippen molar-refractivity contribution in [3.8, 4) is 22.3 Å². The van der Waals surface area contributed by atoms with Gasteiger partial charge < -0.3 is 9.32 Å². The van der Waals surface area contributed by atoms with E-state index in [-0.39, 0.29) is 0 Å². The minimum Gasteiger partial charge on any atom is -0.456 e. The average Bonchev–Trinajstić information content (AvgIpc) is 3.52. The molecule has 0 atom stereocenters. The number of allylic oxidation sites excluding steroid dienone is 1. The van der Waals surface area contributed by atoms with Gasteiger partial charge in [0.25, 0.3) is 0 Å². The van der Waals surface area contributed by atoms with Gasteiger partial charge in [-0.2, -0.15) is 0 Å². The number of hydrogen-bond acceptors (Lipinski definition) is 2. The van der Waals surface area contributed by atoms with Crippen LogP contribution >= 0.6 is 0 Å². The summed E-state index contributed by atoms with van der Waals surface area (Å²) in [4.78, 5) is 2.33. The summed E-state index contributed by atoms with van der Waals surface area (Å²) < 4.78 is 6.18. The quantitative estimate of drug-likeness (QED) is 0.199. The lowest BCUT2D eigenvalue weighted by Gasteiger charge is -2.26. The van der Waals surface area contributed by atoms with E-state index in [1.807, 2.05) is 12.1 Å². The fourth-order valence-corrected chi connectivity index (χ4v) is 7.09. The molecule has 1 aliphatic rings. The van der Waals surface area contributed by atoms with Crippen LogP contribution < -0.4 is 4.90 Å². The summed E-state index contributed by atoms with van der Waals surface area (Å²) in [5.41, 5.74) is 13.0. The Hall–Kier alpha value is -5.86. The smallest absolute Gasteiger partial charge is 0.136 e. The normalized spacial score (nSPS) is 12.5. The predicted molar refractivity (Wildman–Crippen MR) is 194 cm³/mol. The van der Waals surface area contributed by atoms with Crippen LogP contribution in [0.15, 0.2) is 162 Å². The van der Waals surface area contributed by atoms with E-state index in [0.717, 1.165) is 46.5 Å². The van der Waals surface area contributed by atoms with Crippen molar-refractivity contribution in [2.45, 2.75) is 12.8 Å². The van der Waals surface area contributed by atoms with Gasteiger partial charge in [0.15, 0.2) is 0 Å². The molecule has 46 heavy (non-hydrogen) atoms. The zero-order valence-corrected chi connectivity index (χ0v) is 25.4. The van der Waals surface area contributed by atoms with Crippen LogP contribution in [-0.4, -0.2) is 0 Å². The van der Waals surface area contributed by atoms with Crippen molar-refractivity contribution in [1.29, 1.82) is 0 Å². The highest BCUT2D eigenvalue weighted by atomic mass is 16.3. The summed E-state index contributed by atoms with van der Waals surface area (Å²) in [6, 6.07) is 54.5. The molecule has 218 valence electrons. The zero-order valence-electron chi connectivity index (χ0n) is 25.4. The van der Waals surface area contributed by atoms with Crippen LogP contribution in [0, 0.1) is 0 Å². The molecule has 0 radical (unpaired) electrons. The molecule has 2 nitrogen and oxygen atoms in total. The number of hydrogen-bond donors (Lipinski definition) is 0. The van der Waals surface area contributed by atoms with Crippen LogP contribution in [0.4, 0.5) is 17.1 Å². The van der Waals surface area contributed by atoms with Gasteiger partial charge in [0.05, 0.1) is 0 Å². The summed E-state index contributed by atoms with van der Waals surface area (Å²) in [5, 5.41) is 4.76. The predicted octanol–water partition coefficient (Wildman–Crippen LogP) is 12.5. The van der Waals surface area contributed by atoms with Gasteiger partial charge in [-0.25, -0.2) is 0 Å². The first kappa shape index (κ1) is 26.5. The van der Waals surface area contributed by atoms with Gasteiger partial charge >= 0.3 is 0 Å². The Balaban J connectivity index is 1.09. The fraction of sp³-hybridized carbons (Fsp3) is 0.0455. The van der Waals surface area contributed by atoms with Gasteiger partial charge in [0.2, 0.25) is 0 Å². The van der Waals surface area contributed by atoms with Crippen LogP contribution in [0.25, 0.3) is 61.0 Å². The molecular weight excluding hydrogens is 558 g/mol. The van der Waals surface area contributed by atoms with E-state index in [9.17, 15) is 0 Å². The van der Waals surface area contributed by atoms with Gasteiger partial charge in [-0.15, -0.1) is 0 Å². The highest BCUT2D eigenvalue weighted by Crippen LogP contribution is 2.39. The van der Waals surface area contributed by atoms with Crippen LogP contribution in [-0.2, 0) is 6.42 Å². The highest BCUT2D eigenvalue weighted by Gasteiger charge is 2.16. The number of para-hydroxylation sites is 2. The summed E-state index contributed by atoms with van der Waals surface area (Å²) in [6.45, 7) is 0. The first-order valence-corrected chi connectivity index (χ1v) is 16.0. The molecule has 9 rings (SSSR count). The largest absolute Gasteiger partial charge is 0.456 e. The van der Waals surface area contributed by atoms with E-state index >= 15 is 0 Å². The highest BCUT2D eigenvalue weighted by molar-refractivity contribution is 6.19. The molecule has 0 unspecified atom stereocenters. The zero-order chi connectivity index (χ0) is 30.5. The summed E-state index contributed by atoms with van der Waals surface area (Å²) in [5.74, 6) is 0. The summed E-state index contributed by atoms with van der Waals surface area (Å²) >= 11 is 0. The summed E-state index contributed by atoms with van der Waals surface area (Å²) in [6.07, 6.45) is 6.73. The molecule has 8 aromatic rings. The second kappa shape index (κ2) is 10.9. The van der Waals surface area contributed by atoms with Gasteiger partial charge in [-0.05, 0) is 112 Å². The third kappa shape index (κ3) is 4.50. The van der Waals surface area contributed by atoms with Gasteiger partial charge in [0.1, 0.15) is 11.2 Å². The van der Waals surface area contributed by atoms with E-state index in [1.54, 1.807) is 0 Å². The SMILES string of the molecule is C1=Cc2cccc(-c3ccc(N(c4ccccc4)c4ccc(-c5ccc6ccc7oc8ccccc8c7c6c5)cc4)cc3)c2CC1. The lowest BCUT2D eigenvalue weighted by atomic mass is 9.89. The maximum atomic E-state index is 6.18. The van der Waals surface area contributed by atoms with Crippen molar-refractivity contribution in [3.63, 3.8) is 0 Å². The molecule has 0 fully saturated rings. The third-order valence-electron chi connectivity index (χ3n) is 9.34. The molecule has 1 aliphatic carbocycles. The number of benzene rings is 7. The van der Waals surface area contributed by atoms with Gasteiger partial charge in [-0.1, -0.05) is 109 Å². The van der Waals surface area contributed by atoms with Crippen molar-refractivity contribution in [2.24, 2.45) is 0 Å². The molecule has 0 aliphatic heterocycles. The monoisotopic (exact) mass is 589 g/mol. The second-order valence-corrected chi connectivity index (χ2v) is 12.1. The van der Waals surface area contributed by atoms with Crippen molar-refractivity contribution in [3.05, 3.63) is 169 Å². The van der Waals surface area contributed by atoms with Crippen molar-refractivity contribution in [1.82, 2.24) is 0 Å². The number of anilines is 3. The third-order valence-corrected chi connectivity index (χ3v) is 9.34. The number of furan rings is 1. The standard InChI is InChI=1S/C44H31NO/c1-2-11-35(12-3-1)45(37-26-21-32(22-27-37)39-15-8-10-31-9-4-5-13-38(31)39)36-24-19-30(20-25-36)34-18-17-33-23-28-43-44(41(33)29-34)40-14-6-7-16-42(40)46-43/h1-4,6-12,14-29H,5,13H2. The average molecular weight is 590 g/mol. The Labute approximate surface area is 268 Å². The fourth-order valence-electron chi connectivity index (χ4n) is 7.09. The van der Waals surface area contributed by atoms with Gasteiger partial charge in [-0.3, -0.25) is 0 Å². The van der Waals surface area contributed by atoms with Crippen molar-refractivity contribution < 1.29 is 4.42 Å². The molecule has 0 N–H and O–H groups in total. The summed E-state index contributed by atoms with van der Waals surface area (Å²) in [7, 11) is 0. The number of rotatable bonds is 5. The minimum atomic E-state index is 0.925. The van der Waals surface area contributed by atoms with E-state index in [0.29, 0.717) is 0 Å². The molecule has 0 spiro atoms. The number of nitrogens with zero attached hydrogens (tertiary/aromatic N) is 1. The van der Waals surface area contributed by atoms with Gasteiger partial charge in [0, 0.05) is 27.8 Å². The Morgan fingerprint density at radius 1 is 0.500 bits per heavy atom. The molecule has 1 heterocycles. The van der Waals surface area contributed by atoms with Crippen molar-refractivity contribution in [2.75, 3.05) is 4.90 Å². The van der Waals surface area contributed by atoms with Crippen LogP contribution in [0.2, 0.25) is 0 Å². The molecule has 0 saturated carbocycles. The molecule has 0 saturated heterocycles. The Morgan fingerprint density at radius 2 is 1.20 bits per heavy atom. The molecular formula is C44H31NO. The van der Waals surface area contributed by atoms with Crippen LogP contribution in [0.1, 0.15) is 17.5 Å². The Bertz CT molecular complexity index is 2400. The number of fused-ring (bicyclic) bond motifs is 6. The first-order chi connectivity index (χ1) is 22.8. The van der Waals surface area contributed by atoms with Crippen LogP contribution in [0.5, 0.6) is 0 Å². The van der Waals surface area contributed by atoms with E-state index in [1.165, 1.54) is 49.5 Å². The van der Waals surface area contributed by atoms with Crippen LogP contribution in [0.3, 0.4) is 0 Å². The molecule has 1 aromatic heterocycles. The minimum absolute atomic E-state index is 0.925. The Kier molecular flexibility index (Phi) is 6.31. The van der Waals surface area contributed by atoms with Crippen molar-refractivity contribution >= 4 is 55.8 Å². The second-order valence-electron chi connectivity index (χ2n) is 12.1. The molecule has 0 bridgehead atoms. The lowest BCUT2D eigenvalue weighted by molar-refractivity contribution is 0.669. The van der Waals surface area contributed by atoms with E-state index in [4.69, 9.17) is 4.42 Å². The molecule has 2 heteroatoms. The lowest BCUT2D eigenvalue weighted by Crippen LogP contribution is -2.09. The Morgan fingerprint density at radius 3 is 2.02 bits per heavy atom. The van der Waals surface area contributed by atoms with E-state index in [2.05, 4.69) is 157 Å². The first-order valence-electron chi connectivity index (χ1n) is 16.0. The topological polar surface area (TPSA) is 16.4 Å². The molecule has 7 aromatic carbocycles.